The van der Waals surface area contributed by atoms with Gasteiger partial charge in [0.2, 0.25) is 0 Å². The fourth-order valence-corrected chi connectivity index (χ4v) is 2.97. The average molecular weight is 306 g/mol. The molecule has 0 amide bonds. The molecule has 0 aliphatic carbocycles. The molecule has 0 saturated carbocycles. The number of rotatable bonds is 2. The van der Waals surface area contributed by atoms with Gasteiger partial charge in [-0.2, -0.15) is 0 Å². The predicted molar refractivity (Wildman–Crippen MR) is 76.0 cm³/mol. The van der Waals surface area contributed by atoms with Gasteiger partial charge < -0.3 is 9.88 Å². The summed E-state index contributed by atoms with van der Waals surface area (Å²) in [5.41, 5.74) is 3.65. The van der Waals surface area contributed by atoms with E-state index in [1.807, 2.05) is 12.5 Å². The van der Waals surface area contributed by atoms with Crippen LogP contribution in [0.2, 0.25) is 0 Å². The van der Waals surface area contributed by atoms with Crippen LogP contribution in [0.15, 0.2) is 35.2 Å². The molecule has 0 bridgehead atoms. The predicted octanol–water partition coefficient (Wildman–Crippen LogP) is 3.37. The molecule has 0 radical (unpaired) electrons. The second kappa shape index (κ2) is 4.86. The van der Waals surface area contributed by atoms with Crippen molar-refractivity contribution in [3.8, 4) is 5.69 Å². The van der Waals surface area contributed by atoms with Gasteiger partial charge in [-0.1, -0.05) is 12.1 Å². The summed E-state index contributed by atoms with van der Waals surface area (Å²) >= 11 is 3.68. The number of benzene rings is 1. The van der Waals surface area contributed by atoms with Crippen molar-refractivity contribution in [3.63, 3.8) is 0 Å². The molecule has 2 aromatic rings. The van der Waals surface area contributed by atoms with Crippen molar-refractivity contribution >= 4 is 15.9 Å². The van der Waals surface area contributed by atoms with Crippen LogP contribution in [-0.2, 0) is 0 Å². The fourth-order valence-electron chi connectivity index (χ4n) is 2.52. The van der Waals surface area contributed by atoms with Crippen molar-refractivity contribution in [2.45, 2.75) is 25.8 Å². The molecule has 1 N–H and O–H groups in total. The van der Waals surface area contributed by atoms with Crippen LogP contribution in [0.4, 0.5) is 0 Å². The zero-order chi connectivity index (χ0) is 12.5. The minimum atomic E-state index is 0.430. The maximum Gasteiger partial charge on any atom is 0.0995 e. The largest absolute Gasteiger partial charge is 0.309 e. The summed E-state index contributed by atoms with van der Waals surface area (Å²) < 4.78 is 3.32. The number of hydrogen-bond donors (Lipinski definition) is 1. The monoisotopic (exact) mass is 305 g/mol. The number of nitrogens with one attached hydrogen (secondary N) is 1. The lowest BCUT2D eigenvalue weighted by atomic mass is 10.1. The summed E-state index contributed by atoms with van der Waals surface area (Å²) in [5, 5.41) is 3.53. The molecule has 18 heavy (non-hydrogen) atoms. The highest BCUT2D eigenvalue weighted by molar-refractivity contribution is 9.10. The Morgan fingerprint density at radius 3 is 3.11 bits per heavy atom. The van der Waals surface area contributed by atoms with Crippen LogP contribution in [0.25, 0.3) is 5.69 Å². The van der Waals surface area contributed by atoms with Crippen molar-refractivity contribution in [2.75, 3.05) is 6.54 Å². The third kappa shape index (κ3) is 1.99. The van der Waals surface area contributed by atoms with Crippen LogP contribution in [0.1, 0.15) is 30.1 Å². The third-order valence-electron chi connectivity index (χ3n) is 3.52. The summed E-state index contributed by atoms with van der Waals surface area (Å²) in [5.74, 6) is 0. The smallest absolute Gasteiger partial charge is 0.0995 e. The first-order valence-electron chi connectivity index (χ1n) is 6.28. The highest BCUT2D eigenvalue weighted by atomic mass is 79.9. The first-order chi connectivity index (χ1) is 8.77. The van der Waals surface area contributed by atoms with Crippen molar-refractivity contribution in [2.24, 2.45) is 0 Å². The number of imidazole rings is 1. The molecular weight excluding hydrogens is 290 g/mol. The SMILES string of the molecule is Cc1cccc(-n2cncc2[C@@H]2CCCN2)c1Br. The zero-order valence-electron chi connectivity index (χ0n) is 10.4. The van der Waals surface area contributed by atoms with Gasteiger partial charge in [0.25, 0.3) is 0 Å². The Labute approximate surface area is 115 Å². The van der Waals surface area contributed by atoms with Crippen molar-refractivity contribution in [3.05, 3.63) is 46.5 Å². The van der Waals surface area contributed by atoms with Gasteiger partial charge in [0.15, 0.2) is 0 Å². The van der Waals surface area contributed by atoms with Crippen LogP contribution in [-0.4, -0.2) is 16.1 Å². The van der Waals surface area contributed by atoms with E-state index in [1.54, 1.807) is 0 Å². The molecule has 0 spiro atoms. The van der Waals surface area contributed by atoms with E-state index in [-0.39, 0.29) is 0 Å². The molecule has 2 heterocycles. The molecule has 1 atom stereocenters. The van der Waals surface area contributed by atoms with Gasteiger partial charge in [0.05, 0.1) is 23.9 Å². The molecule has 3 nitrogen and oxygen atoms in total. The number of aromatic nitrogens is 2. The fraction of sp³-hybridized carbons (Fsp3) is 0.357. The van der Waals surface area contributed by atoms with Crippen molar-refractivity contribution in [1.82, 2.24) is 14.9 Å². The summed E-state index contributed by atoms with van der Waals surface area (Å²) in [7, 11) is 0. The van der Waals surface area contributed by atoms with Gasteiger partial charge in [-0.3, -0.25) is 0 Å². The Hall–Kier alpha value is -1.13. The Morgan fingerprint density at radius 1 is 1.44 bits per heavy atom. The Kier molecular flexibility index (Phi) is 3.22. The summed E-state index contributed by atoms with van der Waals surface area (Å²) in [6, 6.07) is 6.75. The van der Waals surface area contributed by atoms with E-state index in [4.69, 9.17) is 0 Å². The lowest BCUT2D eigenvalue weighted by Gasteiger charge is -2.15. The highest BCUT2D eigenvalue weighted by Gasteiger charge is 2.21. The molecule has 1 aliphatic heterocycles. The molecule has 1 saturated heterocycles. The van der Waals surface area contributed by atoms with Gasteiger partial charge >= 0.3 is 0 Å². The lowest BCUT2D eigenvalue weighted by molar-refractivity contribution is 0.615. The molecule has 1 aliphatic rings. The molecule has 1 aromatic heterocycles. The Morgan fingerprint density at radius 2 is 2.33 bits per heavy atom. The molecule has 1 aromatic carbocycles. The lowest BCUT2D eigenvalue weighted by Crippen LogP contribution is -2.16. The summed E-state index contributed by atoms with van der Waals surface area (Å²) in [6.45, 7) is 3.21. The van der Waals surface area contributed by atoms with Gasteiger partial charge in [-0.25, -0.2) is 4.98 Å². The molecule has 0 unspecified atom stereocenters. The van der Waals surface area contributed by atoms with Crippen molar-refractivity contribution < 1.29 is 0 Å². The van der Waals surface area contributed by atoms with E-state index in [2.05, 4.69) is 55.9 Å². The topological polar surface area (TPSA) is 29.9 Å². The van der Waals surface area contributed by atoms with E-state index in [0.29, 0.717) is 6.04 Å². The maximum absolute atomic E-state index is 4.32. The molecule has 3 rings (SSSR count). The third-order valence-corrected chi connectivity index (χ3v) is 4.55. The molecule has 94 valence electrons. The first kappa shape index (κ1) is 11.9. The summed E-state index contributed by atoms with van der Waals surface area (Å²) in [4.78, 5) is 4.32. The van der Waals surface area contributed by atoms with Crippen LogP contribution < -0.4 is 5.32 Å². The normalized spacial score (nSPS) is 19.3. The minimum absolute atomic E-state index is 0.430. The molecule has 4 heteroatoms. The van der Waals surface area contributed by atoms with E-state index in [9.17, 15) is 0 Å². The highest BCUT2D eigenvalue weighted by Crippen LogP contribution is 2.29. The van der Waals surface area contributed by atoms with Gasteiger partial charge in [-0.15, -0.1) is 0 Å². The van der Waals surface area contributed by atoms with E-state index in [0.717, 1.165) is 16.7 Å². The van der Waals surface area contributed by atoms with Gasteiger partial charge in [0, 0.05) is 10.5 Å². The summed E-state index contributed by atoms with van der Waals surface area (Å²) in [6.07, 6.45) is 6.30. The minimum Gasteiger partial charge on any atom is -0.309 e. The van der Waals surface area contributed by atoms with Gasteiger partial charge in [0.1, 0.15) is 0 Å². The molecule has 1 fully saturated rings. The van der Waals surface area contributed by atoms with E-state index < -0.39 is 0 Å². The number of halogens is 1. The number of hydrogen-bond acceptors (Lipinski definition) is 2. The second-order valence-corrected chi connectivity index (χ2v) is 5.54. The second-order valence-electron chi connectivity index (χ2n) is 4.75. The van der Waals surface area contributed by atoms with Crippen LogP contribution in [0.5, 0.6) is 0 Å². The first-order valence-corrected chi connectivity index (χ1v) is 7.08. The maximum atomic E-state index is 4.32. The quantitative estimate of drug-likeness (QED) is 0.922. The van der Waals surface area contributed by atoms with Gasteiger partial charge in [-0.05, 0) is 53.9 Å². The number of aryl methyl sites for hydroxylation is 1. The zero-order valence-corrected chi connectivity index (χ0v) is 11.9. The van der Waals surface area contributed by atoms with E-state index in [1.165, 1.54) is 24.1 Å². The number of nitrogens with zero attached hydrogens (tertiary/aromatic N) is 2. The van der Waals surface area contributed by atoms with Crippen LogP contribution in [0.3, 0.4) is 0 Å². The Balaban J connectivity index is 2.06. The standard InChI is InChI=1S/C14H16BrN3/c1-10-4-2-6-12(14(10)15)18-9-16-8-13(18)11-5-3-7-17-11/h2,4,6,8-9,11,17H,3,5,7H2,1H3/t11-/m0/s1. The Bertz CT molecular complexity index is 556. The van der Waals surface area contributed by atoms with E-state index >= 15 is 0 Å². The average Bonchev–Trinajstić information content (AvgIpc) is 3.01. The van der Waals surface area contributed by atoms with Crippen LogP contribution >= 0.6 is 15.9 Å². The van der Waals surface area contributed by atoms with Crippen LogP contribution in [0, 0.1) is 6.92 Å². The molecular formula is C14H16BrN3. The van der Waals surface area contributed by atoms with Crippen molar-refractivity contribution in [1.29, 1.82) is 0 Å².